The topological polar surface area (TPSA) is 46.2 Å². The summed E-state index contributed by atoms with van der Waals surface area (Å²) in [5.41, 5.74) is 0. The van der Waals surface area contributed by atoms with Crippen LogP contribution in [-0.2, 0) is 9.84 Å². The lowest BCUT2D eigenvalue weighted by atomic mass is 9.84. The van der Waals surface area contributed by atoms with E-state index in [9.17, 15) is 8.42 Å². The van der Waals surface area contributed by atoms with Gasteiger partial charge in [0, 0.05) is 12.3 Å². The summed E-state index contributed by atoms with van der Waals surface area (Å²) in [7, 11) is -2.87. The second kappa shape index (κ2) is 6.60. The van der Waals surface area contributed by atoms with Crippen LogP contribution < -0.4 is 5.32 Å². The molecule has 1 unspecified atom stereocenters. The first-order valence-electron chi connectivity index (χ1n) is 6.44. The van der Waals surface area contributed by atoms with Crippen LogP contribution in [0.4, 0.5) is 0 Å². The lowest BCUT2D eigenvalue weighted by Gasteiger charge is -2.30. The lowest BCUT2D eigenvalue weighted by Crippen LogP contribution is -2.42. The average molecular weight is 247 g/mol. The molecule has 1 N–H and O–H groups in total. The number of hydrogen-bond acceptors (Lipinski definition) is 3. The van der Waals surface area contributed by atoms with Gasteiger partial charge in [-0.3, -0.25) is 0 Å². The summed E-state index contributed by atoms with van der Waals surface area (Å²) >= 11 is 0. The second-order valence-electron chi connectivity index (χ2n) is 5.05. The van der Waals surface area contributed by atoms with Crippen molar-refractivity contribution >= 4 is 9.84 Å². The molecule has 0 aliphatic heterocycles. The van der Waals surface area contributed by atoms with Crippen molar-refractivity contribution in [3.8, 4) is 0 Å². The molecule has 4 heteroatoms. The van der Waals surface area contributed by atoms with Gasteiger partial charge in [0.05, 0.1) is 5.75 Å². The molecule has 1 rings (SSSR count). The Hall–Kier alpha value is -0.0900. The molecule has 3 nitrogen and oxygen atoms in total. The smallest absolute Gasteiger partial charge is 0.148 e. The van der Waals surface area contributed by atoms with Crippen LogP contribution in [-0.4, -0.2) is 33.0 Å². The minimum Gasteiger partial charge on any atom is -0.313 e. The zero-order chi connectivity index (χ0) is 12.0. The Morgan fingerprint density at radius 3 is 2.38 bits per heavy atom. The minimum atomic E-state index is -2.87. The van der Waals surface area contributed by atoms with Crippen LogP contribution in [0.15, 0.2) is 0 Å². The fourth-order valence-corrected chi connectivity index (χ4v) is 3.60. The van der Waals surface area contributed by atoms with E-state index in [1.165, 1.54) is 38.4 Å². The molecule has 0 spiro atoms. The van der Waals surface area contributed by atoms with Crippen LogP contribution in [0.5, 0.6) is 0 Å². The summed E-state index contributed by atoms with van der Waals surface area (Å²) in [5.74, 6) is 0.868. The van der Waals surface area contributed by atoms with Gasteiger partial charge in [-0.2, -0.15) is 0 Å². The lowest BCUT2D eigenvalue weighted by molar-refractivity contribution is 0.283. The van der Waals surface area contributed by atoms with Crippen molar-refractivity contribution in [2.45, 2.75) is 51.5 Å². The predicted octanol–water partition coefficient (Wildman–Crippen LogP) is 1.98. The van der Waals surface area contributed by atoms with E-state index in [-0.39, 0.29) is 6.04 Å². The Morgan fingerprint density at radius 2 is 1.88 bits per heavy atom. The SMILES string of the molecule is CCCNC(CS(C)(=O)=O)C1CCCCC1. The van der Waals surface area contributed by atoms with Gasteiger partial charge in [0.2, 0.25) is 0 Å². The van der Waals surface area contributed by atoms with Gasteiger partial charge in [-0.05, 0) is 31.7 Å². The largest absolute Gasteiger partial charge is 0.313 e. The molecule has 96 valence electrons. The third kappa shape index (κ3) is 5.30. The Labute approximate surface area is 99.9 Å². The Morgan fingerprint density at radius 1 is 1.25 bits per heavy atom. The van der Waals surface area contributed by atoms with Crippen LogP contribution in [0.2, 0.25) is 0 Å². The highest BCUT2D eigenvalue weighted by atomic mass is 32.2. The molecule has 1 atom stereocenters. The molecule has 0 aromatic carbocycles. The molecule has 16 heavy (non-hydrogen) atoms. The molecule has 0 bridgehead atoms. The van der Waals surface area contributed by atoms with Crippen LogP contribution >= 0.6 is 0 Å². The maximum absolute atomic E-state index is 11.4. The van der Waals surface area contributed by atoms with Gasteiger partial charge in [-0.1, -0.05) is 26.2 Å². The molecule has 0 radical (unpaired) electrons. The van der Waals surface area contributed by atoms with E-state index in [0.717, 1.165) is 13.0 Å². The zero-order valence-corrected chi connectivity index (χ0v) is 11.4. The molecule has 1 aliphatic rings. The number of hydrogen-bond donors (Lipinski definition) is 1. The number of rotatable bonds is 6. The summed E-state index contributed by atoms with van der Waals surface area (Å²) in [6.45, 7) is 3.04. The highest BCUT2D eigenvalue weighted by Gasteiger charge is 2.25. The van der Waals surface area contributed by atoms with Crippen LogP contribution in [0.1, 0.15) is 45.4 Å². The first kappa shape index (κ1) is 14.0. The van der Waals surface area contributed by atoms with Gasteiger partial charge in [0.25, 0.3) is 0 Å². The predicted molar refractivity (Wildman–Crippen MR) is 68.4 cm³/mol. The van der Waals surface area contributed by atoms with Gasteiger partial charge >= 0.3 is 0 Å². The van der Waals surface area contributed by atoms with E-state index in [1.807, 2.05) is 0 Å². The second-order valence-corrected chi connectivity index (χ2v) is 7.24. The van der Waals surface area contributed by atoms with Gasteiger partial charge in [0.15, 0.2) is 0 Å². The monoisotopic (exact) mass is 247 g/mol. The van der Waals surface area contributed by atoms with E-state index in [0.29, 0.717) is 11.7 Å². The summed E-state index contributed by atoms with van der Waals surface area (Å²) in [6.07, 6.45) is 8.63. The quantitative estimate of drug-likeness (QED) is 0.780. The standard InChI is InChI=1S/C12H25NO2S/c1-3-9-13-12(10-16(2,14)15)11-7-5-4-6-8-11/h11-13H,3-10H2,1-2H3. The summed E-state index contributed by atoms with van der Waals surface area (Å²) in [4.78, 5) is 0. The maximum atomic E-state index is 11.4. The maximum Gasteiger partial charge on any atom is 0.148 e. The van der Waals surface area contributed by atoms with Crippen molar-refractivity contribution in [1.82, 2.24) is 5.32 Å². The average Bonchev–Trinajstić information content (AvgIpc) is 2.24. The fraction of sp³-hybridized carbons (Fsp3) is 1.00. The molecular formula is C12H25NO2S. The third-order valence-corrected chi connectivity index (χ3v) is 4.32. The van der Waals surface area contributed by atoms with Crippen molar-refractivity contribution in [1.29, 1.82) is 0 Å². The van der Waals surface area contributed by atoms with Gasteiger partial charge in [0.1, 0.15) is 9.84 Å². The first-order valence-corrected chi connectivity index (χ1v) is 8.50. The van der Waals surface area contributed by atoms with Gasteiger partial charge < -0.3 is 5.32 Å². The van der Waals surface area contributed by atoms with Crippen LogP contribution in [0, 0.1) is 5.92 Å². The molecular weight excluding hydrogens is 222 g/mol. The van der Waals surface area contributed by atoms with Crippen molar-refractivity contribution in [3.05, 3.63) is 0 Å². The summed E-state index contributed by atoms with van der Waals surface area (Å²) in [5, 5.41) is 3.42. The Balaban J connectivity index is 2.54. The highest BCUT2D eigenvalue weighted by Crippen LogP contribution is 2.27. The first-order chi connectivity index (χ1) is 7.53. The van der Waals surface area contributed by atoms with E-state index in [2.05, 4.69) is 12.2 Å². The van der Waals surface area contributed by atoms with Crippen LogP contribution in [0.25, 0.3) is 0 Å². The normalized spacial score (nSPS) is 20.9. The Kier molecular flexibility index (Phi) is 5.76. The molecule has 1 aliphatic carbocycles. The molecule has 1 saturated carbocycles. The molecule has 0 saturated heterocycles. The van der Waals surface area contributed by atoms with E-state index >= 15 is 0 Å². The van der Waals surface area contributed by atoms with Gasteiger partial charge in [-0.25, -0.2) is 8.42 Å². The summed E-state index contributed by atoms with van der Waals surface area (Å²) < 4.78 is 22.8. The van der Waals surface area contributed by atoms with Crippen molar-refractivity contribution in [3.63, 3.8) is 0 Å². The van der Waals surface area contributed by atoms with E-state index in [1.54, 1.807) is 0 Å². The molecule has 0 heterocycles. The zero-order valence-electron chi connectivity index (χ0n) is 10.5. The molecule has 0 aromatic rings. The van der Waals surface area contributed by atoms with E-state index < -0.39 is 9.84 Å². The summed E-state index contributed by atoms with van der Waals surface area (Å²) in [6, 6.07) is 0.176. The number of nitrogens with one attached hydrogen (secondary N) is 1. The number of sulfone groups is 1. The molecule has 0 aromatic heterocycles. The van der Waals surface area contributed by atoms with Gasteiger partial charge in [-0.15, -0.1) is 0 Å². The Bertz CT molecular complexity index is 281. The van der Waals surface area contributed by atoms with Crippen molar-refractivity contribution < 1.29 is 8.42 Å². The third-order valence-electron chi connectivity index (χ3n) is 3.36. The van der Waals surface area contributed by atoms with Crippen molar-refractivity contribution in [2.75, 3.05) is 18.6 Å². The molecule has 0 amide bonds. The van der Waals surface area contributed by atoms with Crippen LogP contribution in [0.3, 0.4) is 0 Å². The highest BCUT2D eigenvalue weighted by molar-refractivity contribution is 7.90. The minimum absolute atomic E-state index is 0.176. The van der Waals surface area contributed by atoms with E-state index in [4.69, 9.17) is 0 Å². The fourth-order valence-electron chi connectivity index (χ4n) is 2.55. The van der Waals surface area contributed by atoms with Crippen molar-refractivity contribution in [2.24, 2.45) is 5.92 Å². The molecule has 1 fully saturated rings.